The molecule has 0 unspecified atom stereocenters. The van der Waals surface area contributed by atoms with E-state index in [0.29, 0.717) is 17.5 Å². The van der Waals surface area contributed by atoms with Gasteiger partial charge in [0.25, 0.3) is 0 Å². The monoisotopic (exact) mass is 725 g/mol. The van der Waals surface area contributed by atoms with Gasteiger partial charge in [-0.3, -0.25) is 0 Å². The Balaban J connectivity index is 1.07. The molecule has 4 heteroatoms. The van der Waals surface area contributed by atoms with Gasteiger partial charge in [-0.1, -0.05) is 158 Å². The van der Waals surface area contributed by atoms with Crippen LogP contribution in [0.2, 0.25) is 0 Å². The topological polar surface area (TPSA) is 51.8 Å². The quantitative estimate of drug-likeness (QED) is 0.177. The molecule has 0 bridgehead atoms. The highest BCUT2D eigenvalue weighted by Gasteiger charge is 2.29. The molecule has 9 aromatic carbocycles. The first-order chi connectivity index (χ1) is 28.2. The highest BCUT2D eigenvalue weighted by Crippen LogP contribution is 2.54. The number of rotatable bonds is 5. The Morgan fingerprint density at radius 3 is 1.72 bits per heavy atom. The van der Waals surface area contributed by atoms with Gasteiger partial charge in [-0.05, 0) is 90.8 Å². The summed E-state index contributed by atoms with van der Waals surface area (Å²) in [5.74, 6) is 1.82. The van der Waals surface area contributed by atoms with Crippen molar-refractivity contribution in [1.29, 1.82) is 0 Å². The maximum atomic E-state index is 6.34. The molecule has 1 aliphatic rings. The molecule has 0 fully saturated rings. The zero-order valence-electron chi connectivity index (χ0n) is 30.6. The van der Waals surface area contributed by atoms with E-state index in [-0.39, 0.29) is 0 Å². The Morgan fingerprint density at radius 2 is 0.895 bits per heavy atom. The van der Waals surface area contributed by atoms with E-state index >= 15 is 0 Å². The molecule has 1 aliphatic carbocycles. The molecule has 0 amide bonds. The van der Waals surface area contributed by atoms with Crippen molar-refractivity contribution in [3.8, 4) is 78.7 Å². The van der Waals surface area contributed by atoms with E-state index in [9.17, 15) is 0 Å². The van der Waals surface area contributed by atoms with E-state index in [2.05, 4.69) is 170 Å². The summed E-state index contributed by atoms with van der Waals surface area (Å²) in [6, 6.07) is 66.3. The molecule has 57 heavy (non-hydrogen) atoms. The zero-order valence-corrected chi connectivity index (χ0v) is 30.6. The van der Waals surface area contributed by atoms with Crippen LogP contribution in [-0.2, 0) is 0 Å². The third-order valence-corrected chi connectivity index (χ3v) is 11.5. The van der Waals surface area contributed by atoms with E-state index < -0.39 is 0 Å². The highest BCUT2D eigenvalue weighted by atomic mass is 16.3. The molecule has 0 aliphatic heterocycles. The minimum absolute atomic E-state index is 0.588. The van der Waals surface area contributed by atoms with Crippen LogP contribution < -0.4 is 0 Å². The van der Waals surface area contributed by atoms with Crippen molar-refractivity contribution in [2.75, 3.05) is 0 Å². The summed E-state index contributed by atoms with van der Waals surface area (Å²) in [4.78, 5) is 15.8. The second-order valence-electron chi connectivity index (χ2n) is 14.7. The van der Waals surface area contributed by atoms with Crippen LogP contribution in [-0.4, -0.2) is 15.0 Å². The van der Waals surface area contributed by atoms with Crippen molar-refractivity contribution in [3.05, 3.63) is 188 Å². The van der Waals surface area contributed by atoms with Crippen LogP contribution in [0.4, 0.5) is 0 Å². The van der Waals surface area contributed by atoms with Crippen LogP contribution in [0.15, 0.2) is 192 Å². The summed E-state index contributed by atoms with van der Waals surface area (Å²) in [5.41, 5.74) is 13.8. The first-order valence-electron chi connectivity index (χ1n) is 19.3. The van der Waals surface area contributed by atoms with Gasteiger partial charge in [-0.2, -0.15) is 0 Å². The van der Waals surface area contributed by atoms with Crippen molar-refractivity contribution >= 4 is 43.5 Å². The average Bonchev–Trinajstić information content (AvgIpc) is 3.83. The van der Waals surface area contributed by atoms with E-state index in [4.69, 9.17) is 19.4 Å². The number of para-hydroxylation sites is 1. The molecule has 264 valence electrons. The number of furan rings is 1. The summed E-state index contributed by atoms with van der Waals surface area (Å²) in [6.45, 7) is 0. The number of hydrogen-bond donors (Lipinski definition) is 0. The van der Waals surface area contributed by atoms with Gasteiger partial charge in [0.15, 0.2) is 17.5 Å². The van der Waals surface area contributed by atoms with Gasteiger partial charge < -0.3 is 4.42 Å². The van der Waals surface area contributed by atoms with Crippen molar-refractivity contribution in [1.82, 2.24) is 15.0 Å². The second kappa shape index (κ2) is 12.4. The van der Waals surface area contributed by atoms with Gasteiger partial charge in [0.2, 0.25) is 0 Å². The van der Waals surface area contributed by atoms with Crippen LogP contribution in [0, 0.1) is 0 Å². The summed E-state index contributed by atoms with van der Waals surface area (Å²) in [5, 5.41) is 7.07. The molecule has 12 rings (SSSR count). The predicted molar refractivity (Wildman–Crippen MR) is 234 cm³/mol. The van der Waals surface area contributed by atoms with Gasteiger partial charge >= 0.3 is 0 Å². The molecule has 0 saturated carbocycles. The Hall–Kier alpha value is -7.69. The normalized spacial score (nSPS) is 11.9. The summed E-state index contributed by atoms with van der Waals surface area (Å²) in [7, 11) is 0. The minimum Gasteiger partial charge on any atom is -0.456 e. The van der Waals surface area contributed by atoms with Gasteiger partial charge in [-0.25, -0.2) is 15.0 Å². The molecule has 0 radical (unpaired) electrons. The molecular weight excluding hydrogens is 695 g/mol. The number of aromatic nitrogens is 3. The molecular formula is C53H31N3O. The maximum Gasteiger partial charge on any atom is 0.164 e. The molecule has 2 heterocycles. The summed E-state index contributed by atoms with van der Waals surface area (Å²) in [6.07, 6.45) is 0. The van der Waals surface area contributed by atoms with Crippen LogP contribution in [0.5, 0.6) is 0 Å². The van der Waals surface area contributed by atoms with Gasteiger partial charge in [0.1, 0.15) is 11.2 Å². The van der Waals surface area contributed by atoms with Crippen LogP contribution >= 0.6 is 0 Å². The molecule has 0 N–H and O–H groups in total. The lowest BCUT2D eigenvalue weighted by atomic mass is 9.90. The first-order valence-corrected chi connectivity index (χ1v) is 19.3. The Labute approximate surface area is 328 Å². The number of fused-ring (bicyclic) bond motifs is 7. The van der Waals surface area contributed by atoms with Crippen molar-refractivity contribution in [2.45, 2.75) is 0 Å². The van der Waals surface area contributed by atoms with E-state index in [1.165, 1.54) is 54.9 Å². The Bertz CT molecular complexity index is 3400. The molecule has 11 aromatic rings. The van der Waals surface area contributed by atoms with Crippen LogP contribution in [0.25, 0.3) is 122 Å². The largest absolute Gasteiger partial charge is 0.456 e. The first kappa shape index (κ1) is 31.6. The van der Waals surface area contributed by atoms with Crippen molar-refractivity contribution in [2.24, 2.45) is 0 Å². The van der Waals surface area contributed by atoms with Crippen LogP contribution in [0.1, 0.15) is 0 Å². The molecule has 2 aromatic heterocycles. The Kier molecular flexibility index (Phi) is 6.89. The second-order valence-corrected chi connectivity index (χ2v) is 14.7. The van der Waals surface area contributed by atoms with Crippen molar-refractivity contribution in [3.63, 3.8) is 0 Å². The van der Waals surface area contributed by atoms with E-state index in [1.807, 2.05) is 18.2 Å². The molecule has 0 spiro atoms. The molecule has 0 saturated heterocycles. The third kappa shape index (κ3) is 5.04. The van der Waals surface area contributed by atoms with Gasteiger partial charge in [0.05, 0.1) is 0 Å². The lowest BCUT2D eigenvalue weighted by Gasteiger charge is -2.16. The van der Waals surface area contributed by atoms with Gasteiger partial charge in [-0.15, -0.1) is 0 Å². The fraction of sp³-hybridized carbons (Fsp3) is 0. The number of benzene rings is 9. The summed E-state index contributed by atoms with van der Waals surface area (Å²) >= 11 is 0. The fourth-order valence-electron chi connectivity index (χ4n) is 8.76. The third-order valence-electron chi connectivity index (χ3n) is 11.5. The lowest BCUT2D eigenvalue weighted by molar-refractivity contribution is 0.669. The van der Waals surface area contributed by atoms with Crippen molar-refractivity contribution < 1.29 is 4.42 Å². The number of hydrogen-bond acceptors (Lipinski definition) is 4. The van der Waals surface area contributed by atoms with Crippen LogP contribution in [0.3, 0.4) is 0 Å². The SMILES string of the molecule is c1ccc(-c2ccc(-c3nc(-c4ccc(-c5ccc6ccccc6c5)cc4)nc(-c4ccc5c(c4)oc4ccccc45)n3)c3c2-c2cccc4cccc-3c24)cc1. The zero-order chi connectivity index (χ0) is 37.5. The standard InChI is InChI=1S/C53H31N3O/c1-2-11-34(12-3-1)40-28-29-45(50-44-18-9-15-35-14-8-17-43(48(35)44)49(40)50)53-55-51(36-23-20-33(21-24-36)38-25-22-32-10-4-5-13-37(32)30-38)54-52(56-53)39-26-27-42-41-16-6-7-19-46(41)57-47(42)31-39/h1-31H. The number of nitrogens with zero attached hydrogens (tertiary/aromatic N) is 3. The Morgan fingerprint density at radius 1 is 0.298 bits per heavy atom. The average molecular weight is 726 g/mol. The highest BCUT2D eigenvalue weighted by molar-refractivity contribution is 6.20. The molecule has 4 nitrogen and oxygen atoms in total. The fourth-order valence-corrected chi connectivity index (χ4v) is 8.76. The van der Waals surface area contributed by atoms with E-state index in [1.54, 1.807) is 0 Å². The van der Waals surface area contributed by atoms with E-state index in [0.717, 1.165) is 49.8 Å². The smallest absolute Gasteiger partial charge is 0.164 e. The minimum atomic E-state index is 0.588. The predicted octanol–water partition coefficient (Wildman–Crippen LogP) is 14.1. The maximum absolute atomic E-state index is 6.34. The molecule has 0 atom stereocenters. The van der Waals surface area contributed by atoms with Gasteiger partial charge in [0, 0.05) is 33.0 Å². The summed E-state index contributed by atoms with van der Waals surface area (Å²) < 4.78 is 6.34. The lowest BCUT2D eigenvalue weighted by Crippen LogP contribution is -2.01.